The molecule has 0 atom stereocenters. The minimum absolute atomic E-state index is 0.0131. The quantitative estimate of drug-likeness (QED) is 0.370. The van der Waals surface area contributed by atoms with Gasteiger partial charge < -0.3 is 20.9 Å². The lowest BCUT2D eigenvalue weighted by molar-refractivity contribution is -0.121. The molecule has 8 heteroatoms. The van der Waals surface area contributed by atoms with E-state index in [1.165, 1.54) is 0 Å². The van der Waals surface area contributed by atoms with Crippen molar-refractivity contribution >= 4 is 29.2 Å². The summed E-state index contributed by atoms with van der Waals surface area (Å²) in [5.41, 5.74) is 1.41. The van der Waals surface area contributed by atoms with Crippen LogP contribution >= 0.6 is 11.6 Å². The Labute approximate surface area is 177 Å². The number of anilines is 1. The van der Waals surface area contributed by atoms with Crippen LogP contribution in [0.5, 0.6) is 0 Å². The van der Waals surface area contributed by atoms with Crippen LogP contribution in [0.3, 0.4) is 0 Å². The number of amides is 2. The van der Waals surface area contributed by atoms with Crippen LogP contribution in [0.25, 0.3) is 0 Å². The van der Waals surface area contributed by atoms with Gasteiger partial charge >= 0.3 is 0 Å². The first-order valence-corrected chi connectivity index (χ1v) is 10.6. The number of nitrogens with zero attached hydrogens (tertiary/aromatic N) is 1. The van der Waals surface area contributed by atoms with Crippen LogP contribution in [0, 0.1) is 0 Å². The predicted octanol–water partition coefficient (Wildman–Crippen LogP) is 3.88. The molecule has 0 fully saturated rings. The summed E-state index contributed by atoms with van der Waals surface area (Å²) in [7, 11) is 0. The molecule has 2 amide bonds. The van der Waals surface area contributed by atoms with Crippen LogP contribution in [0.4, 0.5) is 5.82 Å². The van der Waals surface area contributed by atoms with Gasteiger partial charge in [0.15, 0.2) is 5.82 Å². The molecular formula is C21H30ClN5O2. The summed E-state index contributed by atoms with van der Waals surface area (Å²) in [4.78, 5) is 31.2. The summed E-state index contributed by atoms with van der Waals surface area (Å²) in [5, 5.41) is 9.08. The lowest BCUT2D eigenvalue weighted by atomic mass is 10.2. The highest BCUT2D eigenvalue weighted by atomic mass is 35.5. The van der Waals surface area contributed by atoms with Crippen molar-refractivity contribution in [2.75, 3.05) is 18.4 Å². The van der Waals surface area contributed by atoms with Gasteiger partial charge in [-0.15, -0.1) is 0 Å². The zero-order chi connectivity index (χ0) is 20.9. The number of hydrogen-bond donors (Lipinski definition) is 4. The summed E-state index contributed by atoms with van der Waals surface area (Å²) >= 11 is 5.91. The van der Waals surface area contributed by atoms with Crippen LogP contribution in [0.2, 0.25) is 5.28 Å². The average molecular weight is 420 g/mol. The fraction of sp³-hybridized carbons (Fsp3) is 0.476. The molecule has 2 rings (SSSR count). The number of carbonyl (C=O) groups is 2. The smallest absolute Gasteiger partial charge is 0.271 e. The summed E-state index contributed by atoms with van der Waals surface area (Å²) in [6.07, 6.45) is 5.10. The Bertz CT molecular complexity index is 764. The van der Waals surface area contributed by atoms with E-state index in [-0.39, 0.29) is 17.1 Å². The molecule has 0 bridgehead atoms. The SMILES string of the molecule is CCCCCNc1nc(Cl)[nH]c1C(=O)NCCCCC(=O)NCc1ccccc1. The van der Waals surface area contributed by atoms with Crippen molar-refractivity contribution in [1.29, 1.82) is 0 Å². The standard InChI is InChI=1S/C21H30ClN5O2/c1-2-3-8-13-23-19-18(26-21(22)27-19)20(29)24-14-9-7-12-17(28)25-15-16-10-5-4-6-11-16/h4-6,10-11,23H,2-3,7-9,12-15H2,1H3,(H,24,29)(H,25,28)(H,26,27). The summed E-state index contributed by atoms with van der Waals surface area (Å²) in [6.45, 7) is 3.90. The maximum absolute atomic E-state index is 12.4. The Balaban J connectivity index is 1.63. The molecule has 2 aromatic rings. The van der Waals surface area contributed by atoms with Gasteiger partial charge in [0.05, 0.1) is 0 Å². The molecule has 4 N–H and O–H groups in total. The van der Waals surface area contributed by atoms with Gasteiger partial charge in [-0.05, 0) is 36.4 Å². The topological polar surface area (TPSA) is 98.9 Å². The number of hydrogen-bond acceptors (Lipinski definition) is 4. The second-order valence-corrected chi connectivity index (χ2v) is 7.22. The van der Waals surface area contributed by atoms with Crippen LogP contribution in [0.15, 0.2) is 30.3 Å². The number of unbranched alkanes of at least 4 members (excludes halogenated alkanes) is 3. The number of nitrogens with one attached hydrogen (secondary N) is 4. The lowest BCUT2D eigenvalue weighted by Gasteiger charge is -2.08. The van der Waals surface area contributed by atoms with Gasteiger partial charge in [-0.2, -0.15) is 0 Å². The Kier molecular flexibility index (Phi) is 10.1. The van der Waals surface area contributed by atoms with Crippen molar-refractivity contribution in [2.45, 2.75) is 52.0 Å². The van der Waals surface area contributed by atoms with E-state index in [0.29, 0.717) is 43.9 Å². The first-order valence-electron chi connectivity index (χ1n) is 10.2. The number of aromatic amines is 1. The molecule has 1 aromatic heterocycles. The van der Waals surface area contributed by atoms with Gasteiger partial charge in [0.25, 0.3) is 5.91 Å². The van der Waals surface area contributed by atoms with Crippen LogP contribution in [-0.4, -0.2) is 34.9 Å². The molecular weight excluding hydrogens is 390 g/mol. The maximum atomic E-state index is 12.4. The number of halogens is 1. The normalized spacial score (nSPS) is 10.6. The van der Waals surface area contributed by atoms with E-state index >= 15 is 0 Å². The highest BCUT2D eigenvalue weighted by Gasteiger charge is 2.16. The molecule has 0 saturated carbocycles. The van der Waals surface area contributed by atoms with Crippen molar-refractivity contribution in [1.82, 2.24) is 20.6 Å². The van der Waals surface area contributed by atoms with Crippen molar-refractivity contribution < 1.29 is 9.59 Å². The molecule has 1 heterocycles. The molecule has 0 aliphatic carbocycles. The summed E-state index contributed by atoms with van der Waals surface area (Å²) < 4.78 is 0. The van der Waals surface area contributed by atoms with E-state index in [2.05, 4.69) is 32.8 Å². The molecule has 0 spiro atoms. The minimum atomic E-state index is -0.254. The van der Waals surface area contributed by atoms with Crippen LogP contribution < -0.4 is 16.0 Å². The van der Waals surface area contributed by atoms with Crippen LogP contribution in [0.1, 0.15) is 61.5 Å². The molecule has 0 aliphatic heterocycles. The van der Waals surface area contributed by atoms with Crippen LogP contribution in [-0.2, 0) is 11.3 Å². The number of H-pyrrole nitrogens is 1. The first kappa shape index (κ1) is 22.7. The van der Waals surface area contributed by atoms with Crippen molar-refractivity contribution in [3.8, 4) is 0 Å². The molecule has 29 heavy (non-hydrogen) atoms. The average Bonchev–Trinajstić information content (AvgIpc) is 3.10. The maximum Gasteiger partial charge on any atom is 0.271 e. The highest BCUT2D eigenvalue weighted by Crippen LogP contribution is 2.16. The molecule has 7 nitrogen and oxygen atoms in total. The van der Waals surface area contributed by atoms with E-state index < -0.39 is 0 Å². The second-order valence-electron chi connectivity index (χ2n) is 6.86. The van der Waals surface area contributed by atoms with Crippen molar-refractivity contribution in [2.24, 2.45) is 0 Å². The van der Waals surface area contributed by atoms with Crippen molar-refractivity contribution in [3.63, 3.8) is 0 Å². The first-order chi connectivity index (χ1) is 14.1. The Hall–Kier alpha value is -2.54. The van der Waals surface area contributed by atoms with Gasteiger partial charge in [0, 0.05) is 26.1 Å². The fourth-order valence-corrected chi connectivity index (χ4v) is 2.98. The largest absolute Gasteiger partial charge is 0.368 e. The Morgan fingerprint density at radius 1 is 1.03 bits per heavy atom. The van der Waals surface area contributed by atoms with E-state index in [0.717, 1.165) is 31.4 Å². The zero-order valence-corrected chi connectivity index (χ0v) is 17.6. The fourth-order valence-electron chi connectivity index (χ4n) is 2.80. The van der Waals surface area contributed by atoms with Gasteiger partial charge in [-0.3, -0.25) is 9.59 Å². The second kappa shape index (κ2) is 12.8. The third-order valence-corrected chi connectivity index (χ3v) is 4.60. The Morgan fingerprint density at radius 3 is 2.55 bits per heavy atom. The molecule has 0 aliphatic rings. The zero-order valence-electron chi connectivity index (χ0n) is 16.9. The number of carbonyl (C=O) groups excluding carboxylic acids is 2. The van der Waals surface area contributed by atoms with Gasteiger partial charge in [-0.1, -0.05) is 50.1 Å². The number of benzene rings is 1. The van der Waals surface area contributed by atoms with E-state index in [4.69, 9.17) is 11.6 Å². The third kappa shape index (κ3) is 8.56. The van der Waals surface area contributed by atoms with E-state index in [1.54, 1.807) is 0 Å². The van der Waals surface area contributed by atoms with E-state index in [9.17, 15) is 9.59 Å². The molecule has 158 valence electrons. The molecule has 0 saturated heterocycles. The monoisotopic (exact) mass is 419 g/mol. The summed E-state index contributed by atoms with van der Waals surface area (Å²) in [6, 6.07) is 9.80. The summed E-state index contributed by atoms with van der Waals surface area (Å²) in [5.74, 6) is 0.235. The predicted molar refractivity (Wildman–Crippen MR) is 116 cm³/mol. The lowest BCUT2D eigenvalue weighted by Crippen LogP contribution is -2.26. The van der Waals surface area contributed by atoms with Gasteiger partial charge in [-0.25, -0.2) is 4.98 Å². The number of rotatable bonds is 13. The van der Waals surface area contributed by atoms with Gasteiger partial charge in [0.2, 0.25) is 11.2 Å². The molecule has 0 unspecified atom stereocenters. The molecule has 1 aromatic carbocycles. The molecule has 0 radical (unpaired) electrons. The van der Waals surface area contributed by atoms with Gasteiger partial charge in [0.1, 0.15) is 5.69 Å². The minimum Gasteiger partial charge on any atom is -0.368 e. The number of aromatic nitrogens is 2. The Morgan fingerprint density at radius 2 is 1.79 bits per heavy atom. The van der Waals surface area contributed by atoms with Crippen molar-refractivity contribution in [3.05, 3.63) is 46.9 Å². The number of imidazole rings is 1. The highest BCUT2D eigenvalue weighted by molar-refractivity contribution is 6.28. The van der Waals surface area contributed by atoms with E-state index in [1.807, 2.05) is 30.3 Å². The third-order valence-electron chi connectivity index (χ3n) is 4.42.